The largest absolute Gasteiger partial charge is 0.481 e. The molecule has 0 rings (SSSR count). The summed E-state index contributed by atoms with van der Waals surface area (Å²) in [5.41, 5.74) is -2.81. The predicted octanol–water partition coefficient (Wildman–Crippen LogP) is 0.173. The summed E-state index contributed by atoms with van der Waals surface area (Å²) in [4.78, 5) is 44.3. The Morgan fingerprint density at radius 2 is 1.75 bits per heavy atom. The van der Waals surface area contributed by atoms with Crippen molar-refractivity contribution < 1.29 is 39.2 Å². The van der Waals surface area contributed by atoms with E-state index < -0.39 is 41.8 Å². The Labute approximate surface area is 115 Å². The number of carbonyl (C=O) groups excluding carboxylic acids is 2. The van der Waals surface area contributed by atoms with E-state index in [1.165, 1.54) is 0 Å². The first-order valence-corrected chi connectivity index (χ1v) is 6.05. The maximum Gasteiger partial charge on any atom is 0.337 e. The third kappa shape index (κ3) is 4.96. The molecule has 0 bridgehead atoms. The molecule has 0 amide bonds. The summed E-state index contributed by atoms with van der Waals surface area (Å²) in [5.74, 6) is -7.25. The minimum Gasteiger partial charge on any atom is -0.481 e. The van der Waals surface area contributed by atoms with Crippen LogP contribution in [0.25, 0.3) is 0 Å². The molecule has 0 aliphatic rings. The molecule has 8 nitrogen and oxygen atoms in total. The molecule has 0 aliphatic heterocycles. The zero-order valence-corrected chi connectivity index (χ0v) is 11.3. The second kappa shape index (κ2) is 7.59. The van der Waals surface area contributed by atoms with E-state index in [0.29, 0.717) is 12.8 Å². The molecule has 2 atom stereocenters. The third-order valence-electron chi connectivity index (χ3n) is 2.74. The molecule has 0 saturated heterocycles. The zero-order chi connectivity index (χ0) is 15.9. The molecule has 0 aromatic carbocycles. The highest BCUT2D eigenvalue weighted by Crippen LogP contribution is 2.28. The van der Waals surface area contributed by atoms with Crippen molar-refractivity contribution in [1.29, 1.82) is 0 Å². The van der Waals surface area contributed by atoms with Gasteiger partial charge in [-0.05, 0) is 6.42 Å². The summed E-state index contributed by atoms with van der Waals surface area (Å²) in [6.07, 6.45) is -0.304. The highest BCUT2D eigenvalue weighted by atomic mass is 16.6. The zero-order valence-electron chi connectivity index (χ0n) is 11.3. The van der Waals surface area contributed by atoms with Crippen molar-refractivity contribution in [1.82, 2.24) is 0 Å². The number of rotatable bonds is 8. The summed E-state index contributed by atoms with van der Waals surface area (Å²) in [6.45, 7) is 2.72. The minimum absolute atomic E-state index is 0.0985. The first-order valence-electron chi connectivity index (χ1n) is 6.05. The molecule has 0 radical (unpaired) electrons. The highest BCUT2D eigenvalue weighted by molar-refractivity contribution is 5.93. The minimum atomic E-state index is -2.81. The summed E-state index contributed by atoms with van der Waals surface area (Å²) >= 11 is 0. The predicted molar refractivity (Wildman–Crippen MR) is 64.6 cm³/mol. The van der Waals surface area contributed by atoms with Crippen LogP contribution in [-0.4, -0.2) is 44.8 Å². The second-order valence-electron chi connectivity index (χ2n) is 4.41. The van der Waals surface area contributed by atoms with Crippen molar-refractivity contribution in [2.45, 2.75) is 45.1 Å². The summed E-state index contributed by atoms with van der Waals surface area (Å²) in [7, 11) is 0. The average molecular weight is 290 g/mol. The molecule has 2 unspecified atom stereocenters. The van der Waals surface area contributed by atoms with Gasteiger partial charge in [-0.1, -0.05) is 19.8 Å². The van der Waals surface area contributed by atoms with Gasteiger partial charge < -0.3 is 20.1 Å². The van der Waals surface area contributed by atoms with Gasteiger partial charge in [0.15, 0.2) is 5.60 Å². The maximum absolute atomic E-state index is 11.7. The Morgan fingerprint density at radius 3 is 2.10 bits per heavy atom. The van der Waals surface area contributed by atoms with Gasteiger partial charge in [-0.25, -0.2) is 4.79 Å². The molecule has 114 valence electrons. The standard InChI is InChI=1S/C12H18O8/c1-3-4-5-8(10(16)20-7(2)13)12(19,11(17)18)6-9(14)15/h8,19H,3-6H2,1-2H3,(H,14,15)(H,17,18). The number of carboxylic acid groups (broad SMARTS) is 2. The molecule has 0 aromatic heterocycles. The molecule has 8 heteroatoms. The van der Waals surface area contributed by atoms with Crippen molar-refractivity contribution in [2.24, 2.45) is 5.92 Å². The van der Waals surface area contributed by atoms with Gasteiger partial charge in [0.1, 0.15) is 0 Å². The molecular formula is C12H18O8. The second-order valence-corrected chi connectivity index (χ2v) is 4.41. The lowest BCUT2D eigenvalue weighted by atomic mass is 9.81. The van der Waals surface area contributed by atoms with Gasteiger partial charge in [-0.3, -0.25) is 14.4 Å². The Kier molecular flexibility index (Phi) is 6.84. The molecular weight excluding hydrogens is 272 g/mol. The fourth-order valence-corrected chi connectivity index (χ4v) is 1.75. The van der Waals surface area contributed by atoms with Crippen molar-refractivity contribution in [3.63, 3.8) is 0 Å². The van der Waals surface area contributed by atoms with E-state index in [9.17, 15) is 24.3 Å². The molecule has 3 N–H and O–H groups in total. The number of aliphatic hydroxyl groups is 1. The third-order valence-corrected chi connectivity index (χ3v) is 2.74. The number of unbranched alkanes of at least 4 members (excludes halogenated alkanes) is 1. The fraction of sp³-hybridized carbons (Fsp3) is 0.667. The maximum atomic E-state index is 11.7. The average Bonchev–Trinajstić information content (AvgIpc) is 2.26. The molecule has 0 aliphatic carbocycles. The van der Waals surface area contributed by atoms with Gasteiger partial charge in [0, 0.05) is 6.92 Å². The lowest BCUT2D eigenvalue weighted by Crippen LogP contribution is -2.51. The normalized spacial score (nSPS) is 14.9. The monoisotopic (exact) mass is 290 g/mol. The van der Waals surface area contributed by atoms with Crippen LogP contribution >= 0.6 is 0 Å². The summed E-state index contributed by atoms with van der Waals surface area (Å²) in [5, 5.41) is 27.8. The van der Waals surface area contributed by atoms with E-state index in [2.05, 4.69) is 4.74 Å². The van der Waals surface area contributed by atoms with Crippen LogP contribution in [0.3, 0.4) is 0 Å². The summed E-state index contributed by atoms with van der Waals surface area (Å²) < 4.78 is 4.29. The van der Waals surface area contributed by atoms with Gasteiger partial charge in [0.25, 0.3) is 0 Å². The molecule has 0 fully saturated rings. The van der Waals surface area contributed by atoms with Gasteiger partial charge in [0.05, 0.1) is 12.3 Å². The highest BCUT2D eigenvalue weighted by Gasteiger charge is 2.50. The topological polar surface area (TPSA) is 138 Å². The van der Waals surface area contributed by atoms with Crippen LogP contribution < -0.4 is 0 Å². The SMILES string of the molecule is CCCCC(C(=O)OC(C)=O)C(O)(CC(=O)O)C(=O)O. The number of aliphatic carboxylic acids is 2. The quantitative estimate of drug-likeness (QED) is 0.425. The Hall–Kier alpha value is -1.96. The lowest BCUT2D eigenvalue weighted by Gasteiger charge is -2.29. The van der Waals surface area contributed by atoms with E-state index in [0.717, 1.165) is 6.92 Å². The number of esters is 2. The van der Waals surface area contributed by atoms with Crippen LogP contribution in [0.15, 0.2) is 0 Å². The van der Waals surface area contributed by atoms with Crippen molar-refractivity contribution >= 4 is 23.9 Å². The van der Waals surface area contributed by atoms with Gasteiger partial charge in [-0.2, -0.15) is 0 Å². The van der Waals surface area contributed by atoms with Crippen molar-refractivity contribution in [2.75, 3.05) is 0 Å². The number of ether oxygens (including phenoxy) is 1. The van der Waals surface area contributed by atoms with E-state index in [-0.39, 0.29) is 6.42 Å². The molecule has 0 saturated carbocycles. The van der Waals surface area contributed by atoms with Crippen LogP contribution in [0.1, 0.15) is 39.5 Å². The first kappa shape index (κ1) is 18.0. The Morgan fingerprint density at radius 1 is 1.20 bits per heavy atom. The first-order chi connectivity index (χ1) is 9.15. The molecule has 0 aromatic rings. The Bertz CT molecular complexity index is 402. The van der Waals surface area contributed by atoms with E-state index >= 15 is 0 Å². The summed E-state index contributed by atoms with van der Waals surface area (Å²) in [6, 6.07) is 0. The Balaban J connectivity index is 5.41. The number of carboxylic acids is 2. The number of hydrogen-bond acceptors (Lipinski definition) is 6. The molecule has 0 heterocycles. The van der Waals surface area contributed by atoms with E-state index in [1.54, 1.807) is 6.92 Å². The van der Waals surface area contributed by atoms with E-state index in [1.807, 2.05) is 0 Å². The van der Waals surface area contributed by atoms with Crippen LogP contribution in [0.4, 0.5) is 0 Å². The van der Waals surface area contributed by atoms with Gasteiger partial charge in [0.2, 0.25) is 0 Å². The van der Waals surface area contributed by atoms with Crippen molar-refractivity contribution in [3.05, 3.63) is 0 Å². The van der Waals surface area contributed by atoms with Crippen LogP contribution in [0, 0.1) is 5.92 Å². The molecule has 0 spiro atoms. The van der Waals surface area contributed by atoms with Gasteiger partial charge in [-0.15, -0.1) is 0 Å². The van der Waals surface area contributed by atoms with Crippen LogP contribution in [0.2, 0.25) is 0 Å². The fourth-order valence-electron chi connectivity index (χ4n) is 1.75. The van der Waals surface area contributed by atoms with E-state index in [4.69, 9.17) is 10.2 Å². The number of carbonyl (C=O) groups is 4. The van der Waals surface area contributed by atoms with Crippen molar-refractivity contribution in [3.8, 4) is 0 Å². The molecule has 20 heavy (non-hydrogen) atoms. The van der Waals surface area contributed by atoms with Gasteiger partial charge >= 0.3 is 23.9 Å². The smallest absolute Gasteiger partial charge is 0.337 e. The lowest BCUT2D eigenvalue weighted by molar-refractivity contribution is -0.183. The number of hydrogen-bond donors (Lipinski definition) is 3. The van der Waals surface area contributed by atoms with Crippen LogP contribution in [-0.2, 0) is 23.9 Å². The van der Waals surface area contributed by atoms with Crippen LogP contribution in [0.5, 0.6) is 0 Å².